The van der Waals surface area contributed by atoms with Gasteiger partial charge in [0.05, 0.1) is 0 Å². The molecule has 2 fully saturated rings. The molecular formula is C29H44. The Kier molecular flexibility index (Phi) is 5.32. The predicted octanol–water partition coefficient (Wildman–Crippen LogP) is 8.24. The molecule has 160 valence electrons. The number of fused-ring (bicyclic) bond motifs is 3. The van der Waals surface area contributed by atoms with Crippen molar-refractivity contribution < 1.29 is 0 Å². The van der Waals surface area contributed by atoms with Crippen LogP contribution in [0.5, 0.6) is 0 Å². The summed E-state index contributed by atoms with van der Waals surface area (Å²) in [6, 6.07) is 0. The van der Waals surface area contributed by atoms with Gasteiger partial charge in [0.1, 0.15) is 0 Å². The Morgan fingerprint density at radius 1 is 0.552 bits per heavy atom. The fourth-order valence-corrected chi connectivity index (χ4v) is 8.12. The summed E-state index contributed by atoms with van der Waals surface area (Å²) in [6.45, 7) is 24.5. The molecule has 0 heterocycles. The van der Waals surface area contributed by atoms with Crippen LogP contribution < -0.4 is 0 Å². The molecule has 0 bridgehead atoms. The number of rotatable bonds is 2. The van der Waals surface area contributed by atoms with E-state index in [0.29, 0.717) is 11.8 Å². The van der Waals surface area contributed by atoms with Crippen molar-refractivity contribution in [3.63, 3.8) is 0 Å². The minimum atomic E-state index is 0.702. The minimum Gasteiger partial charge on any atom is -0.0770 e. The summed E-state index contributed by atoms with van der Waals surface area (Å²) >= 11 is 0. The molecule has 8 unspecified atom stereocenters. The van der Waals surface area contributed by atoms with E-state index in [-0.39, 0.29) is 0 Å². The first-order chi connectivity index (χ1) is 13.6. The normalized spacial score (nSPS) is 47.2. The summed E-state index contributed by atoms with van der Waals surface area (Å²) in [6.07, 6.45) is 6.75. The van der Waals surface area contributed by atoms with Gasteiger partial charge in [-0.2, -0.15) is 0 Å². The Labute approximate surface area is 180 Å². The molecule has 0 amide bonds. The Morgan fingerprint density at radius 2 is 0.931 bits per heavy atom. The molecular weight excluding hydrogens is 348 g/mol. The van der Waals surface area contributed by atoms with Crippen LogP contribution in [0, 0.1) is 59.2 Å². The van der Waals surface area contributed by atoms with E-state index in [1.807, 2.05) is 0 Å². The first-order valence-electron chi connectivity index (χ1n) is 12.3. The van der Waals surface area contributed by atoms with Gasteiger partial charge in [0.25, 0.3) is 0 Å². The molecule has 0 aromatic carbocycles. The van der Waals surface area contributed by atoms with Crippen molar-refractivity contribution in [2.24, 2.45) is 59.2 Å². The van der Waals surface area contributed by atoms with Gasteiger partial charge < -0.3 is 0 Å². The third-order valence-corrected chi connectivity index (χ3v) is 10.8. The van der Waals surface area contributed by atoms with Crippen molar-refractivity contribution >= 4 is 0 Å². The molecule has 4 aliphatic rings. The van der Waals surface area contributed by atoms with Gasteiger partial charge in [-0.3, -0.25) is 0 Å². The maximum absolute atomic E-state index is 2.66. The average molecular weight is 393 g/mol. The maximum Gasteiger partial charge on any atom is -0.00900 e. The highest BCUT2D eigenvalue weighted by molar-refractivity contribution is 5.46. The molecule has 0 radical (unpaired) electrons. The van der Waals surface area contributed by atoms with Crippen molar-refractivity contribution in [1.29, 1.82) is 0 Å². The van der Waals surface area contributed by atoms with E-state index in [4.69, 9.17) is 0 Å². The lowest BCUT2D eigenvalue weighted by Gasteiger charge is -2.36. The summed E-state index contributed by atoms with van der Waals surface area (Å²) < 4.78 is 0. The van der Waals surface area contributed by atoms with Crippen LogP contribution in [-0.2, 0) is 0 Å². The van der Waals surface area contributed by atoms with E-state index in [1.165, 1.54) is 17.6 Å². The van der Waals surface area contributed by atoms with E-state index >= 15 is 0 Å². The Bertz CT molecular complexity index is 749. The van der Waals surface area contributed by atoms with Crippen molar-refractivity contribution in [2.75, 3.05) is 0 Å². The van der Waals surface area contributed by atoms with Crippen LogP contribution in [0.25, 0.3) is 0 Å². The highest BCUT2D eigenvalue weighted by atomic mass is 14.6. The lowest BCUT2D eigenvalue weighted by molar-refractivity contribution is 0.204. The third kappa shape index (κ3) is 2.99. The summed E-state index contributed by atoms with van der Waals surface area (Å²) in [4.78, 5) is 0. The van der Waals surface area contributed by atoms with E-state index in [9.17, 15) is 0 Å². The molecule has 2 saturated carbocycles. The average Bonchev–Trinajstić information content (AvgIpc) is 3.07. The van der Waals surface area contributed by atoms with Crippen molar-refractivity contribution in [3.8, 4) is 0 Å². The Morgan fingerprint density at radius 3 is 1.31 bits per heavy atom. The monoisotopic (exact) mass is 392 g/mol. The second-order valence-electron chi connectivity index (χ2n) is 11.5. The summed E-state index contributed by atoms with van der Waals surface area (Å²) in [7, 11) is 0. The molecule has 0 nitrogen and oxygen atoms in total. The zero-order chi connectivity index (χ0) is 21.4. The van der Waals surface area contributed by atoms with Gasteiger partial charge >= 0.3 is 0 Å². The molecule has 0 heteroatoms. The Hall–Kier alpha value is -1.04. The van der Waals surface area contributed by atoms with Crippen LogP contribution in [0.15, 0.2) is 45.6 Å². The molecule has 8 atom stereocenters. The highest BCUT2D eigenvalue weighted by Crippen LogP contribution is 2.61. The molecule has 0 aromatic rings. The largest absolute Gasteiger partial charge is 0.0770 e. The summed E-state index contributed by atoms with van der Waals surface area (Å²) in [5, 5.41) is 0. The van der Waals surface area contributed by atoms with E-state index in [0.717, 1.165) is 47.3 Å². The van der Waals surface area contributed by atoms with Gasteiger partial charge in [-0.1, -0.05) is 62.1 Å². The molecule has 4 aliphatic carbocycles. The number of hydrogen-bond acceptors (Lipinski definition) is 0. The molecule has 0 aromatic heterocycles. The van der Waals surface area contributed by atoms with Crippen LogP contribution in [0.3, 0.4) is 0 Å². The van der Waals surface area contributed by atoms with E-state index in [1.54, 1.807) is 22.3 Å². The minimum absolute atomic E-state index is 0.702. The second kappa shape index (κ2) is 7.28. The summed E-state index contributed by atoms with van der Waals surface area (Å²) in [5.74, 6) is 8.00. The van der Waals surface area contributed by atoms with Crippen LogP contribution >= 0.6 is 0 Å². The molecule has 0 N–H and O–H groups in total. The Balaban J connectivity index is 1.78. The number of allylic oxidation sites excluding steroid dienone is 8. The molecule has 29 heavy (non-hydrogen) atoms. The fraction of sp³-hybridized carbons (Fsp3) is 0.724. The molecule has 0 saturated heterocycles. The van der Waals surface area contributed by atoms with Crippen LogP contribution in [0.1, 0.15) is 75.7 Å². The predicted molar refractivity (Wildman–Crippen MR) is 126 cm³/mol. The maximum atomic E-state index is 2.66. The standard InChI is InChI=1S/C29H44/c1-14-11-25-26-12-15(2)17(4)23(10)29(26)27(28(25)22(9)16(14)3)13-24-20(7)18(5)19(6)21(24)8/h11-12,18-21,24-29H,13H2,1-10H3. The summed E-state index contributed by atoms with van der Waals surface area (Å²) in [5.41, 5.74) is 9.60. The van der Waals surface area contributed by atoms with Crippen LogP contribution in [-0.4, -0.2) is 0 Å². The van der Waals surface area contributed by atoms with Crippen molar-refractivity contribution in [1.82, 2.24) is 0 Å². The van der Waals surface area contributed by atoms with Gasteiger partial charge in [-0.15, -0.1) is 0 Å². The van der Waals surface area contributed by atoms with E-state index in [2.05, 4.69) is 81.4 Å². The highest BCUT2D eigenvalue weighted by Gasteiger charge is 2.54. The third-order valence-electron chi connectivity index (χ3n) is 10.8. The molecule has 0 aliphatic heterocycles. The zero-order valence-electron chi connectivity index (χ0n) is 20.6. The lowest BCUT2D eigenvalue weighted by Crippen LogP contribution is -2.28. The SMILES string of the molecule is CC1=CC2C3C=C(C)C(C)=C(C)C3C(CC3C(C)C(C)C(C)C3C)C2C(C)=C1C. The first kappa shape index (κ1) is 21.2. The molecule has 0 spiro atoms. The van der Waals surface area contributed by atoms with Gasteiger partial charge in [-0.25, -0.2) is 0 Å². The van der Waals surface area contributed by atoms with Crippen molar-refractivity contribution in [3.05, 3.63) is 45.6 Å². The smallest absolute Gasteiger partial charge is 0.00900 e. The lowest BCUT2D eigenvalue weighted by atomic mass is 9.69. The van der Waals surface area contributed by atoms with Crippen molar-refractivity contribution in [2.45, 2.75) is 75.7 Å². The topological polar surface area (TPSA) is 0 Å². The van der Waals surface area contributed by atoms with Crippen LogP contribution in [0.4, 0.5) is 0 Å². The van der Waals surface area contributed by atoms with Gasteiger partial charge in [0.15, 0.2) is 0 Å². The van der Waals surface area contributed by atoms with E-state index < -0.39 is 0 Å². The van der Waals surface area contributed by atoms with Gasteiger partial charge in [-0.05, 0) is 118 Å². The number of hydrogen-bond donors (Lipinski definition) is 0. The van der Waals surface area contributed by atoms with Gasteiger partial charge in [0.2, 0.25) is 0 Å². The van der Waals surface area contributed by atoms with Gasteiger partial charge in [0, 0.05) is 0 Å². The van der Waals surface area contributed by atoms with Crippen LogP contribution in [0.2, 0.25) is 0 Å². The first-order valence-corrected chi connectivity index (χ1v) is 12.3. The fourth-order valence-electron chi connectivity index (χ4n) is 8.12. The molecule has 4 rings (SSSR count). The quantitative estimate of drug-likeness (QED) is 0.444. The zero-order valence-corrected chi connectivity index (χ0v) is 20.6. The second-order valence-corrected chi connectivity index (χ2v) is 11.5.